The predicted octanol–water partition coefficient (Wildman–Crippen LogP) is 3.60. The van der Waals surface area contributed by atoms with Gasteiger partial charge >= 0.3 is 0 Å². The van der Waals surface area contributed by atoms with Crippen molar-refractivity contribution in [3.05, 3.63) is 64.7 Å². The minimum absolute atomic E-state index is 0.0417. The lowest BCUT2D eigenvalue weighted by Gasteiger charge is -2.32. The highest BCUT2D eigenvalue weighted by atomic mass is 35.5. The fraction of sp³-hybridized carbons (Fsp3) is 0.417. The second-order valence-electron chi connectivity index (χ2n) is 7.94. The van der Waals surface area contributed by atoms with Gasteiger partial charge in [-0.15, -0.1) is 0 Å². The van der Waals surface area contributed by atoms with Gasteiger partial charge < -0.3 is 10.2 Å². The molecule has 1 N–H and O–H groups in total. The molecule has 0 aliphatic rings. The van der Waals surface area contributed by atoms with Crippen molar-refractivity contribution in [2.45, 2.75) is 51.1 Å². The van der Waals surface area contributed by atoms with Crippen molar-refractivity contribution in [3.63, 3.8) is 0 Å². The summed E-state index contributed by atoms with van der Waals surface area (Å²) in [5, 5.41) is 3.27. The Morgan fingerprint density at radius 3 is 2.18 bits per heavy atom. The van der Waals surface area contributed by atoms with Crippen LogP contribution in [0.25, 0.3) is 0 Å². The molecular formula is C24H32ClN3O4S. The van der Waals surface area contributed by atoms with E-state index in [4.69, 9.17) is 11.6 Å². The molecule has 1 atom stereocenters. The molecular weight excluding hydrogens is 462 g/mol. The maximum atomic E-state index is 13.4. The summed E-state index contributed by atoms with van der Waals surface area (Å²) in [7, 11) is -2.55. The molecule has 180 valence electrons. The minimum atomic E-state index is -3.90. The Morgan fingerprint density at radius 1 is 1.03 bits per heavy atom. The van der Waals surface area contributed by atoms with Crippen molar-refractivity contribution in [3.8, 4) is 0 Å². The second-order valence-corrected chi connectivity index (χ2v) is 10.4. The average Bonchev–Trinajstić information content (AvgIpc) is 2.78. The van der Waals surface area contributed by atoms with Crippen molar-refractivity contribution >= 4 is 33.4 Å². The van der Waals surface area contributed by atoms with Gasteiger partial charge in [0.1, 0.15) is 6.04 Å². The Morgan fingerprint density at radius 2 is 1.64 bits per heavy atom. The number of nitrogens with one attached hydrogen (secondary N) is 1. The van der Waals surface area contributed by atoms with E-state index in [1.54, 1.807) is 0 Å². The number of hydrogen-bond acceptors (Lipinski definition) is 4. The molecule has 33 heavy (non-hydrogen) atoms. The van der Waals surface area contributed by atoms with E-state index in [1.807, 2.05) is 45.0 Å². The van der Waals surface area contributed by atoms with Gasteiger partial charge in [0.2, 0.25) is 21.8 Å². The third kappa shape index (κ3) is 7.28. The van der Waals surface area contributed by atoms with Crippen molar-refractivity contribution in [1.29, 1.82) is 0 Å². The number of benzene rings is 2. The second kappa shape index (κ2) is 12.2. The van der Waals surface area contributed by atoms with Crippen LogP contribution in [0.2, 0.25) is 5.02 Å². The van der Waals surface area contributed by atoms with Crippen LogP contribution in [0.15, 0.2) is 53.4 Å². The highest BCUT2D eigenvalue weighted by Gasteiger charge is 2.31. The SMILES string of the molecule is CCCNC(=O)C(CC)N(Cc1ccc(C)cc1)C(=O)CN(C)S(=O)(=O)c1ccc(Cl)cc1. The standard InChI is InChI=1S/C24H32ClN3O4S/c1-5-15-26-24(30)22(6-2)28(16-19-9-7-18(3)8-10-19)23(29)17-27(4)33(31,32)21-13-11-20(25)12-14-21/h7-14,22H,5-6,15-17H2,1-4H3,(H,26,30). The first kappa shape index (κ1) is 26.8. The smallest absolute Gasteiger partial charge is 0.243 e. The lowest BCUT2D eigenvalue weighted by molar-refractivity contribution is -0.141. The van der Waals surface area contributed by atoms with Crippen LogP contribution >= 0.6 is 11.6 Å². The van der Waals surface area contributed by atoms with Crippen LogP contribution in [-0.2, 0) is 26.2 Å². The van der Waals surface area contributed by atoms with Gasteiger partial charge in [0.05, 0.1) is 11.4 Å². The lowest BCUT2D eigenvalue weighted by atomic mass is 10.1. The van der Waals surface area contributed by atoms with E-state index < -0.39 is 28.5 Å². The predicted molar refractivity (Wildman–Crippen MR) is 130 cm³/mol. The zero-order valence-electron chi connectivity index (χ0n) is 19.5. The van der Waals surface area contributed by atoms with E-state index in [9.17, 15) is 18.0 Å². The third-order valence-corrected chi connectivity index (χ3v) is 7.36. The molecule has 2 aromatic rings. The fourth-order valence-corrected chi connectivity index (χ4v) is 4.57. The first-order valence-corrected chi connectivity index (χ1v) is 12.8. The van der Waals surface area contributed by atoms with E-state index in [0.29, 0.717) is 18.0 Å². The molecule has 0 saturated carbocycles. The quantitative estimate of drug-likeness (QED) is 0.518. The number of carbonyl (C=O) groups is 2. The summed E-state index contributed by atoms with van der Waals surface area (Å²) in [6, 6.07) is 12.7. The third-order valence-electron chi connectivity index (χ3n) is 5.29. The van der Waals surface area contributed by atoms with Crippen molar-refractivity contribution < 1.29 is 18.0 Å². The summed E-state index contributed by atoms with van der Waals surface area (Å²) in [6.45, 7) is 6.07. The molecule has 7 nitrogen and oxygen atoms in total. The van der Waals surface area contributed by atoms with Gasteiger partial charge in [0.15, 0.2) is 0 Å². The molecule has 0 saturated heterocycles. The summed E-state index contributed by atoms with van der Waals surface area (Å²) in [6.07, 6.45) is 1.18. The van der Waals surface area contributed by atoms with Gasteiger partial charge in [0.25, 0.3) is 0 Å². The molecule has 0 radical (unpaired) electrons. The Bertz CT molecular complexity index is 1040. The van der Waals surface area contributed by atoms with Gasteiger partial charge in [-0.1, -0.05) is 55.3 Å². The highest BCUT2D eigenvalue weighted by molar-refractivity contribution is 7.89. The number of likely N-dealkylation sites (N-methyl/N-ethyl adjacent to an activating group) is 1. The summed E-state index contributed by atoms with van der Waals surface area (Å²) in [5.41, 5.74) is 1.94. The van der Waals surface area contributed by atoms with E-state index in [2.05, 4.69) is 5.32 Å². The van der Waals surface area contributed by atoms with E-state index in [1.165, 1.54) is 36.2 Å². The van der Waals surface area contributed by atoms with Crippen LogP contribution in [-0.4, -0.2) is 55.6 Å². The molecule has 0 bridgehead atoms. The van der Waals surface area contributed by atoms with Crippen LogP contribution in [0.5, 0.6) is 0 Å². The number of carbonyl (C=O) groups excluding carboxylic acids is 2. The van der Waals surface area contributed by atoms with Crippen LogP contribution < -0.4 is 5.32 Å². The zero-order chi connectivity index (χ0) is 24.6. The van der Waals surface area contributed by atoms with E-state index >= 15 is 0 Å². The molecule has 2 amide bonds. The number of halogens is 1. The van der Waals surface area contributed by atoms with Crippen LogP contribution in [0.4, 0.5) is 0 Å². The average molecular weight is 494 g/mol. The highest BCUT2D eigenvalue weighted by Crippen LogP contribution is 2.19. The van der Waals surface area contributed by atoms with Gasteiger partial charge in [-0.05, 0) is 49.6 Å². The Balaban J connectivity index is 2.29. The molecule has 2 rings (SSSR count). The number of nitrogens with zero attached hydrogens (tertiary/aromatic N) is 2. The van der Waals surface area contributed by atoms with Crippen LogP contribution in [0, 0.1) is 6.92 Å². The summed E-state index contributed by atoms with van der Waals surface area (Å²) < 4.78 is 26.9. The lowest BCUT2D eigenvalue weighted by Crippen LogP contribution is -2.51. The van der Waals surface area contributed by atoms with Gasteiger partial charge in [0, 0.05) is 25.2 Å². The molecule has 1 unspecified atom stereocenters. The molecule has 0 aliphatic carbocycles. The molecule has 0 spiro atoms. The Labute approximate surface area is 201 Å². The fourth-order valence-electron chi connectivity index (χ4n) is 3.33. The van der Waals surface area contributed by atoms with Crippen molar-refractivity contribution in [2.24, 2.45) is 0 Å². The number of sulfonamides is 1. The Hall–Kier alpha value is -2.42. The molecule has 2 aromatic carbocycles. The van der Waals surface area contributed by atoms with E-state index in [-0.39, 0.29) is 17.3 Å². The molecule has 0 heterocycles. The molecule has 9 heteroatoms. The zero-order valence-corrected chi connectivity index (χ0v) is 21.1. The van der Waals surface area contributed by atoms with Gasteiger partial charge in [-0.2, -0.15) is 4.31 Å². The van der Waals surface area contributed by atoms with Crippen LogP contribution in [0.1, 0.15) is 37.8 Å². The normalized spacial score (nSPS) is 12.4. The number of amides is 2. The molecule has 0 aliphatic heterocycles. The number of hydrogen-bond donors (Lipinski definition) is 1. The van der Waals surface area contributed by atoms with Crippen molar-refractivity contribution in [1.82, 2.24) is 14.5 Å². The van der Waals surface area contributed by atoms with Crippen LogP contribution in [0.3, 0.4) is 0 Å². The number of rotatable bonds is 11. The molecule has 0 aromatic heterocycles. The first-order chi connectivity index (χ1) is 15.6. The molecule has 0 fully saturated rings. The summed E-state index contributed by atoms with van der Waals surface area (Å²) in [5.74, 6) is -0.697. The van der Waals surface area contributed by atoms with E-state index in [0.717, 1.165) is 21.9 Å². The number of aryl methyl sites for hydroxylation is 1. The first-order valence-electron chi connectivity index (χ1n) is 10.9. The maximum absolute atomic E-state index is 13.4. The topological polar surface area (TPSA) is 86.8 Å². The Kier molecular flexibility index (Phi) is 9.88. The monoisotopic (exact) mass is 493 g/mol. The minimum Gasteiger partial charge on any atom is -0.354 e. The van der Waals surface area contributed by atoms with Gasteiger partial charge in [-0.3, -0.25) is 9.59 Å². The maximum Gasteiger partial charge on any atom is 0.243 e. The summed E-state index contributed by atoms with van der Waals surface area (Å²) >= 11 is 5.86. The van der Waals surface area contributed by atoms with Gasteiger partial charge in [-0.25, -0.2) is 8.42 Å². The van der Waals surface area contributed by atoms with Crippen molar-refractivity contribution in [2.75, 3.05) is 20.1 Å². The largest absolute Gasteiger partial charge is 0.354 e. The summed E-state index contributed by atoms with van der Waals surface area (Å²) in [4.78, 5) is 27.7.